The zero-order valence-electron chi connectivity index (χ0n) is 13.5. The number of hydrogen-bond acceptors (Lipinski definition) is 3. The molecule has 2 saturated carbocycles. The Kier molecular flexibility index (Phi) is 3.57. The van der Waals surface area contributed by atoms with Crippen LogP contribution in [0, 0.1) is 6.92 Å². The lowest BCUT2D eigenvalue weighted by Crippen LogP contribution is -2.38. The van der Waals surface area contributed by atoms with Crippen LogP contribution in [0.2, 0.25) is 0 Å². The molecule has 4 nitrogen and oxygen atoms in total. The van der Waals surface area contributed by atoms with Crippen molar-refractivity contribution in [3.05, 3.63) is 23.9 Å². The Morgan fingerprint density at radius 3 is 2.45 bits per heavy atom. The number of aromatic amines is 1. The van der Waals surface area contributed by atoms with Gasteiger partial charge in [-0.1, -0.05) is 0 Å². The molecular weight excluding hydrogens is 274 g/mol. The van der Waals surface area contributed by atoms with Crippen molar-refractivity contribution in [1.29, 1.82) is 0 Å². The number of H-pyrrole nitrogens is 1. The quantitative estimate of drug-likeness (QED) is 0.937. The summed E-state index contributed by atoms with van der Waals surface area (Å²) in [6.07, 6.45) is 9.93. The Bertz CT molecular complexity index is 653. The summed E-state index contributed by atoms with van der Waals surface area (Å²) in [5, 5.41) is 8.30. The third-order valence-corrected chi connectivity index (χ3v) is 5.48. The van der Waals surface area contributed by atoms with Gasteiger partial charge < -0.3 is 9.64 Å². The summed E-state index contributed by atoms with van der Waals surface area (Å²) < 4.78 is 6.31. The molecule has 0 saturated heterocycles. The van der Waals surface area contributed by atoms with Crippen molar-refractivity contribution in [3.63, 3.8) is 0 Å². The van der Waals surface area contributed by atoms with Gasteiger partial charge in [0, 0.05) is 23.0 Å². The number of nitrogens with zero attached hydrogens (tertiary/aromatic N) is 2. The maximum absolute atomic E-state index is 6.31. The Hall–Kier alpha value is -1.55. The van der Waals surface area contributed by atoms with Crippen LogP contribution in [0.25, 0.3) is 10.9 Å². The van der Waals surface area contributed by atoms with Gasteiger partial charge in [0.05, 0.1) is 17.8 Å². The molecule has 0 spiro atoms. The summed E-state index contributed by atoms with van der Waals surface area (Å²) in [5.41, 5.74) is 2.28. The van der Waals surface area contributed by atoms with Crippen molar-refractivity contribution in [1.82, 2.24) is 15.1 Å². The molecule has 2 aromatic rings. The third-order valence-electron chi connectivity index (χ3n) is 5.48. The van der Waals surface area contributed by atoms with Crippen molar-refractivity contribution < 1.29 is 4.74 Å². The summed E-state index contributed by atoms with van der Waals surface area (Å²) in [5.74, 6) is 1.02. The number of nitrogens with one attached hydrogen (secondary N) is 1. The van der Waals surface area contributed by atoms with E-state index in [0.29, 0.717) is 6.10 Å². The van der Waals surface area contributed by atoms with E-state index in [1.54, 1.807) is 0 Å². The Balaban J connectivity index is 1.40. The van der Waals surface area contributed by atoms with Gasteiger partial charge in [-0.15, -0.1) is 0 Å². The van der Waals surface area contributed by atoms with Crippen LogP contribution in [0.5, 0.6) is 5.75 Å². The molecule has 1 aromatic heterocycles. The van der Waals surface area contributed by atoms with Crippen LogP contribution in [-0.2, 0) is 0 Å². The number of ether oxygens (including phenoxy) is 1. The summed E-state index contributed by atoms with van der Waals surface area (Å²) in [4.78, 5) is 2.61. The van der Waals surface area contributed by atoms with Crippen LogP contribution in [-0.4, -0.2) is 40.3 Å². The predicted molar refractivity (Wildman–Crippen MR) is 88.3 cm³/mol. The lowest BCUT2D eigenvalue weighted by Gasteiger charge is -2.35. The first-order valence-corrected chi connectivity index (χ1v) is 8.53. The number of aryl methyl sites for hydroxylation is 1. The topological polar surface area (TPSA) is 41.1 Å². The van der Waals surface area contributed by atoms with Crippen molar-refractivity contribution in [3.8, 4) is 5.75 Å². The van der Waals surface area contributed by atoms with E-state index in [1.807, 2.05) is 6.20 Å². The lowest BCUT2D eigenvalue weighted by atomic mass is 9.92. The first-order valence-electron chi connectivity index (χ1n) is 8.53. The van der Waals surface area contributed by atoms with E-state index >= 15 is 0 Å². The van der Waals surface area contributed by atoms with Crippen LogP contribution < -0.4 is 4.74 Å². The Morgan fingerprint density at radius 1 is 1.09 bits per heavy atom. The highest BCUT2D eigenvalue weighted by atomic mass is 16.5. The molecule has 2 fully saturated rings. The molecule has 0 unspecified atom stereocenters. The van der Waals surface area contributed by atoms with E-state index in [-0.39, 0.29) is 0 Å². The molecule has 22 heavy (non-hydrogen) atoms. The molecule has 1 heterocycles. The van der Waals surface area contributed by atoms with Crippen LogP contribution in [0.4, 0.5) is 0 Å². The monoisotopic (exact) mass is 299 g/mol. The summed E-state index contributed by atoms with van der Waals surface area (Å²) in [7, 11) is 2.31. The number of fused-ring (bicyclic) bond motifs is 1. The van der Waals surface area contributed by atoms with Crippen LogP contribution >= 0.6 is 0 Å². The molecule has 0 atom stereocenters. The molecule has 0 radical (unpaired) electrons. The molecule has 0 aliphatic heterocycles. The SMILES string of the molecule is Cc1c(OC2CCC(N(C)C3CC3)CC2)ccc2[nH]ncc12. The second-order valence-electron chi connectivity index (χ2n) is 6.96. The average Bonchev–Trinajstić information content (AvgIpc) is 3.28. The van der Waals surface area contributed by atoms with Crippen molar-refractivity contribution in [2.45, 2.75) is 63.6 Å². The van der Waals surface area contributed by atoms with E-state index in [1.165, 1.54) is 49.5 Å². The van der Waals surface area contributed by atoms with Gasteiger partial charge in [-0.2, -0.15) is 5.10 Å². The van der Waals surface area contributed by atoms with E-state index in [4.69, 9.17) is 4.74 Å². The highest BCUT2D eigenvalue weighted by molar-refractivity contribution is 5.83. The fourth-order valence-electron chi connectivity index (χ4n) is 3.80. The van der Waals surface area contributed by atoms with Gasteiger partial charge in [0.1, 0.15) is 5.75 Å². The molecule has 2 aliphatic rings. The molecule has 1 N–H and O–H groups in total. The number of benzene rings is 1. The predicted octanol–water partition coefficient (Wildman–Crippen LogP) is 3.66. The van der Waals surface area contributed by atoms with Crippen LogP contribution in [0.3, 0.4) is 0 Å². The second-order valence-corrected chi connectivity index (χ2v) is 6.96. The average molecular weight is 299 g/mol. The van der Waals surface area contributed by atoms with Gasteiger partial charge in [-0.05, 0) is 64.6 Å². The largest absolute Gasteiger partial charge is 0.490 e. The molecule has 4 rings (SSSR count). The van der Waals surface area contributed by atoms with Gasteiger partial charge >= 0.3 is 0 Å². The third kappa shape index (κ3) is 2.60. The van der Waals surface area contributed by atoms with E-state index in [9.17, 15) is 0 Å². The molecule has 0 amide bonds. The van der Waals surface area contributed by atoms with E-state index in [2.05, 4.69) is 41.2 Å². The standard InChI is InChI=1S/C18H25N3O/c1-12-16-11-19-20-17(16)9-10-18(12)22-15-7-5-14(6-8-15)21(2)13-3-4-13/h9-11,13-15H,3-8H2,1-2H3,(H,19,20). The minimum atomic E-state index is 0.368. The number of rotatable bonds is 4. The highest BCUT2D eigenvalue weighted by Crippen LogP contribution is 2.34. The van der Waals surface area contributed by atoms with Crippen LogP contribution in [0.15, 0.2) is 18.3 Å². The second kappa shape index (κ2) is 5.58. The van der Waals surface area contributed by atoms with Gasteiger partial charge in [0.25, 0.3) is 0 Å². The zero-order valence-corrected chi connectivity index (χ0v) is 13.5. The van der Waals surface area contributed by atoms with E-state index < -0.39 is 0 Å². The Morgan fingerprint density at radius 2 is 1.77 bits per heavy atom. The molecule has 1 aromatic carbocycles. The fraction of sp³-hybridized carbons (Fsp3) is 0.611. The number of aromatic nitrogens is 2. The molecular formula is C18H25N3O. The maximum Gasteiger partial charge on any atom is 0.123 e. The first kappa shape index (κ1) is 14.1. The maximum atomic E-state index is 6.31. The van der Waals surface area contributed by atoms with Crippen molar-refractivity contribution in [2.24, 2.45) is 0 Å². The van der Waals surface area contributed by atoms with Gasteiger partial charge in [0.2, 0.25) is 0 Å². The lowest BCUT2D eigenvalue weighted by molar-refractivity contribution is 0.0971. The molecule has 2 aliphatic carbocycles. The normalized spacial score (nSPS) is 25.8. The minimum absolute atomic E-state index is 0.368. The number of hydrogen-bond donors (Lipinski definition) is 1. The van der Waals surface area contributed by atoms with Gasteiger partial charge in [0.15, 0.2) is 0 Å². The van der Waals surface area contributed by atoms with Crippen molar-refractivity contribution >= 4 is 10.9 Å². The molecule has 0 bridgehead atoms. The van der Waals surface area contributed by atoms with Gasteiger partial charge in [-0.3, -0.25) is 5.10 Å². The van der Waals surface area contributed by atoms with Crippen molar-refractivity contribution in [2.75, 3.05) is 7.05 Å². The Labute approximate surface area is 131 Å². The summed E-state index contributed by atoms with van der Waals surface area (Å²) >= 11 is 0. The first-order chi connectivity index (χ1) is 10.7. The molecule has 118 valence electrons. The fourth-order valence-corrected chi connectivity index (χ4v) is 3.80. The van der Waals surface area contributed by atoms with Gasteiger partial charge in [-0.25, -0.2) is 0 Å². The minimum Gasteiger partial charge on any atom is -0.490 e. The highest BCUT2D eigenvalue weighted by Gasteiger charge is 2.33. The van der Waals surface area contributed by atoms with E-state index in [0.717, 1.165) is 23.3 Å². The summed E-state index contributed by atoms with van der Waals surface area (Å²) in [6, 6.07) is 5.79. The smallest absolute Gasteiger partial charge is 0.123 e. The zero-order chi connectivity index (χ0) is 15.1. The van der Waals surface area contributed by atoms with Crippen LogP contribution in [0.1, 0.15) is 44.1 Å². The molecule has 4 heteroatoms. The summed E-state index contributed by atoms with van der Waals surface area (Å²) in [6.45, 7) is 2.12.